The normalized spacial score (nSPS) is 10.2. The lowest BCUT2D eigenvalue weighted by molar-refractivity contribution is 0.320. The van der Waals surface area contributed by atoms with Crippen molar-refractivity contribution in [1.82, 2.24) is 9.97 Å². The van der Waals surface area contributed by atoms with Crippen LogP contribution < -0.4 is 4.74 Å². The molecule has 2 aromatic heterocycles. The molecule has 0 atom stereocenters. The molecule has 2 heterocycles. The van der Waals surface area contributed by atoms with Crippen molar-refractivity contribution < 1.29 is 4.74 Å². The van der Waals surface area contributed by atoms with Gasteiger partial charge in [-0.2, -0.15) is 0 Å². The summed E-state index contributed by atoms with van der Waals surface area (Å²) in [5, 5.41) is 0. The second kappa shape index (κ2) is 6.21. The van der Waals surface area contributed by atoms with Gasteiger partial charge >= 0.3 is 0 Å². The molecule has 0 spiro atoms. The zero-order valence-electron chi connectivity index (χ0n) is 9.34. The standard InChI is InChI=1S/C13H13ClN2O/c14-9-12-1-2-13(10-16-12)17-8-5-11-3-6-15-7-4-11/h1-4,6-7,10H,5,8-9H2. The number of pyridine rings is 2. The fourth-order valence-electron chi connectivity index (χ4n) is 1.41. The second-order valence-electron chi connectivity index (χ2n) is 3.57. The van der Waals surface area contributed by atoms with Gasteiger partial charge in [0.15, 0.2) is 0 Å². The average Bonchev–Trinajstić information content (AvgIpc) is 2.41. The van der Waals surface area contributed by atoms with Crippen LogP contribution in [0.5, 0.6) is 5.75 Å². The molecule has 0 aliphatic heterocycles. The van der Waals surface area contributed by atoms with E-state index in [1.54, 1.807) is 18.6 Å². The topological polar surface area (TPSA) is 35.0 Å². The summed E-state index contributed by atoms with van der Waals surface area (Å²) in [6, 6.07) is 7.72. The van der Waals surface area contributed by atoms with Crippen LogP contribution in [-0.2, 0) is 12.3 Å². The van der Waals surface area contributed by atoms with E-state index in [9.17, 15) is 0 Å². The van der Waals surface area contributed by atoms with Gasteiger partial charge in [0.2, 0.25) is 0 Å². The first kappa shape index (κ1) is 11.9. The summed E-state index contributed by atoms with van der Waals surface area (Å²) in [6.07, 6.45) is 6.13. The third-order valence-electron chi connectivity index (χ3n) is 2.34. The molecule has 88 valence electrons. The van der Waals surface area contributed by atoms with Crippen molar-refractivity contribution in [3.63, 3.8) is 0 Å². The van der Waals surface area contributed by atoms with E-state index in [-0.39, 0.29) is 0 Å². The monoisotopic (exact) mass is 248 g/mol. The minimum Gasteiger partial charge on any atom is -0.492 e. The smallest absolute Gasteiger partial charge is 0.137 e. The fourth-order valence-corrected chi connectivity index (χ4v) is 1.57. The molecule has 0 N–H and O–H groups in total. The van der Waals surface area contributed by atoms with E-state index in [2.05, 4.69) is 9.97 Å². The third kappa shape index (κ3) is 3.71. The molecule has 0 unspecified atom stereocenters. The number of ether oxygens (including phenoxy) is 1. The van der Waals surface area contributed by atoms with Crippen LogP contribution in [-0.4, -0.2) is 16.6 Å². The first-order valence-corrected chi connectivity index (χ1v) is 5.94. The average molecular weight is 249 g/mol. The predicted octanol–water partition coefficient (Wildman–Crippen LogP) is 2.84. The Morgan fingerprint density at radius 2 is 1.94 bits per heavy atom. The highest BCUT2D eigenvalue weighted by Gasteiger charge is 1.97. The van der Waals surface area contributed by atoms with Gasteiger partial charge in [-0.3, -0.25) is 9.97 Å². The molecule has 0 aromatic carbocycles. The van der Waals surface area contributed by atoms with E-state index in [1.165, 1.54) is 5.56 Å². The van der Waals surface area contributed by atoms with Crippen molar-refractivity contribution in [2.24, 2.45) is 0 Å². The highest BCUT2D eigenvalue weighted by molar-refractivity contribution is 6.16. The van der Waals surface area contributed by atoms with E-state index in [0.29, 0.717) is 12.5 Å². The number of alkyl halides is 1. The van der Waals surface area contributed by atoms with Crippen LogP contribution in [0, 0.1) is 0 Å². The molecule has 4 heteroatoms. The Morgan fingerprint density at radius 1 is 1.12 bits per heavy atom. The molecule has 0 aliphatic carbocycles. The van der Waals surface area contributed by atoms with Crippen LogP contribution >= 0.6 is 11.6 Å². The summed E-state index contributed by atoms with van der Waals surface area (Å²) in [7, 11) is 0. The first-order chi connectivity index (χ1) is 8.38. The molecule has 3 nitrogen and oxygen atoms in total. The molecule has 0 saturated carbocycles. The molecular formula is C13H13ClN2O. The van der Waals surface area contributed by atoms with E-state index < -0.39 is 0 Å². The van der Waals surface area contributed by atoms with Crippen molar-refractivity contribution in [3.8, 4) is 5.75 Å². The Labute approximate surface area is 105 Å². The van der Waals surface area contributed by atoms with Crippen molar-refractivity contribution in [2.45, 2.75) is 12.3 Å². The van der Waals surface area contributed by atoms with Gasteiger partial charge in [-0.15, -0.1) is 11.6 Å². The maximum atomic E-state index is 5.65. The lowest BCUT2D eigenvalue weighted by Crippen LogP contribution is -2.01. The van der Waals surface area contributed by atoms with E-state index in [0.717, 1.165) is 17.9 Å². The molecule has 2 rings (SSSR count). The number of halogens is 1. The summed E-state index contributed by atoms with van der Waals surface area (Å²) < 4.78 is 5.58. The molecule has 0 saturated heterocycles. The van der Waals surface area contributed by atoms with Crippen molar-refractivity contribution >= 4 is 11.6 Å². The fraction of sp³-hybridized carbons (Fsp3) is 0.231. The molecule has 0 amide bonds. The predicted molar refractivity (Wildman–Crippen MR) is 67.2 cm³/mol. The van der Waals surface area contributed by atoms with Gasteiger partial charge in [-0.1, -0.05) is 0 Å². The van der Waals surface area contributed by atoms with Crippen molar-refractivity contribution in [2.75, 3.05) is 6.61 Å². The van der Waals surface area contributed by atoms with Gasteiger partial charge in [-0.05, 0) is 29.8 Å². The minimum atomic E-state index is 0.428. The largest absolute Gasteiger partial charge is 0.492 e. The Kier molecular flexibility index (Phi) is 4.33. The number of hydrogen-bond acceptors (Lipinski definition) is 3. The molecule has 17 heavy (non-hydrogen) atoms. The summed E-state index contributed by atoms with van der Waals surface area (Å²) in [4.78, 5) is 8.12. The van der Waals surface area contributed by atoms with E-state index in [1.807, 2.05) is 24.3 Å². The van der Waals surface area contributed by atoms with E-state index >= 15 is 0 Å². The van der Waals surface area contributed by atoms with Crippen LogP contribution in [0.4, 0.5) is 0 Å². The molecule has 0 aliphatic rings. The molecule has 2 aromatic rings. The van der Waals surface area contributed by atoms with Crippen LogP contribution in [0.25, 0.3) is 0 Å². The van der Waals surface area contributed by atoms with Gasteiger partial charge in [0, 0.05) is 18.8 Å². The maximum Gasteiger partial charge on any atom is 0.137 e. The Morgan fingerprint density at radius 3 is 2.59 bits per heavy atom. The summed E-state index contributed by atoms with van der Waals surface area (Å²) >= 11 is 5.65. The number of rotatable bonds is 5. The number of hydrogen-bond donors (Lipinski definition) is 0. The van der Waals surface area contributed by atoms with Gasteiger partial charge in [0.25, 0.3) is 0 Å². The highest BCUT2D eigenvalue weighted by Crippen LogP contribution is 2.10. The van der Waals surface area contributed by atoms with Gasteiger partial charge in [-0.25, -0.2) is 0 Å². The summed E-state index contributed by atoms with van der Waals surface area (Å²) in [6.45, 7) is 0.631. The lowest BCUT2D eigenvalue weighted by atomic mass is 10.2. The number of nitrogens with zero attached hydrogens (tertiary/aromatic N) is 2. The van der Waals surface area contributed by atoms with Gasteiger partial charge < -0.3 is 4.74 Å². The number of aromatic nitrogens is 2. The second-order valence-corrected chi connectivity index (χ2v) is 3.84. The molecule has 0 fully saturated rings. The Bertz CT molecular complexity index is 445. The quantitative estimate of drug-likeness (QED) is 0.764. The maximum absolute atomic E-state index is 5.65. The van der Waals surface area contributed by atoms with E-state index in [4.69, 9.17) is 16.3 Å². The van der Waals surface area contributed by atoms with Crippen LogP contribution in [0.15, 0.2) is 42.9 Å². The Hall–Kier alpha value is -1.61. The van der Waals surface area contributed by atoms with Crippen LogP contribution in [0.3, 0.4) is 0 Å². The van der Waals surface area contributed by atoms with Gasteiger partial charge in [0.1, 0.15) is 5.75 Å². The Balaban J connectivity index is 1.82. The summed E-state index contributed by atoms with van der Waals surface area (Å²) in [5.41, 5.74) is 2.07. The zero-order valence-corrected chi connectivity index (χ0v) is 10.1. The lowest BCUT2D eigenvalue weighted by Gasteiger charge is -2.05. The SMILES string of the molecule is ClCc1ccc(OCCc2ccncc2)cn1. The first-order valence-electron chi connectivity index (χ1n) is 5.41. The van der Waals surface area contributed by atoms with Crippen LogP contribution in [0.1, 0.15) is 11.3 Å². The molecule has 0 bridgehead atoms. The minimum absolute atomic E-state index is 0.428. The summed E-state index contributed by atoms with van der Waals surface area (Å²) in [5.74, 6) is 1.20. The van der Waals surface area contributed by atoms with Crippen molar-refractivity contribution in [1.29, 1.82) is 0 Å². The highest BCUT2D eigenvalue weighted by atomic mass is 35.5. The zero-order chi connectivity index (χ0) is 11.9. The van der Waals surface area contributed by atoms with Crippen LogP contribution in [0.2, 0.25) is 0 Å². The van der Waals surface area contributed by atoms with Crippen molar-refractivity contribution in [3.05, 3.63) is 54.1 Å². The third-order valence-corrected chi connectivity index (χ3v) is 2.62. The van der Waals surface area contributed by atoms with Gasteiger partial charge in [0.05, 0.1) is 24.4 Å². The molecular weight excluding hydrogens is 236 g/mol. The molecule has 0 radical (unpaired) electrons.